The number of ether oxygens (including phenoxy) is 2. The lowest BCUT2D eigenvalue weighted by molar-refractivity contribution is -0.161. The van der Waals surface area contributed by atoms with Crippen LogP contribution in [-0.4, -0.2) is 49.3 Å². The van der Waals surface area contributed by atoms with Crippen LogP contribution in [0.15, 0.2) is 36.5 Å². The Balaban J connectivity index is 3.96. The average Bonchev–Trinajstić information content (AvgIpc) is 3.20. The lowest BCUT2D eigenvalue weighted by atomic mass is 10.0. The molecule has 0 aliphatic carbocycles. The topological polar surface area (TPSA) is 134 Å². The first-order chi connectivity index (χ1) is 27.8. The third-order valence-electron chi connectivity index (χ3n) is 10.0. The molecule has 0 heterocycles. The molecule has 0 rings (SSSR count). The third kappa shape index (κ3) is 43.6. The Kier molecular flexibility index (Phi) is 42.4. The highest BCUT2D eigenvalue weighted by molar-refractivity contribution is 7.47. The minimum absolute atomic E-state index is 0.0539. The second-order valence-corrected chi connectivity index (χ2v) is 17.1. The van der Waals surface area contributed by atoms with Crippen LogP contribution in [0.25, 0.3) is 0 Å². The Hall–Kier alpha value is -1.77. The van der Waals surface area contributed by atoms with Gasteiger partial charge in [-0.3, -0.25) is 18.6 Å². The van der Waals surface area contributed by atoms with Crippen molar-refractivity contribution in [1.29, 1.82) is 0 Å². The van der Waals surface area contributed by atoms with Gasteiger partial charge in [-0.15, -0.1) is 0 Å². The van der Waals surface area contributed by atoms with Gasteiger partial charge in [0, 0.05) is 19.4 Å². The maximum atomic E-state index is 12.6. The van der Waals surface area contributed by atoms with Crippen molar-refractivity contribution >= 4 is 19.8 Å². The summed E-state index contributed by atoms with van der Waals surface area (Å²) < 4.78 is 32.7. The van der Waals surface area contributed by atoms with Gasteiger partial charge in [0.2, 0.25) is 0 Å². The van der Waals surface area contributed by atoms with E-state index in [4.69, 9.17) is 24.3 Å². The van der Waals surface area contributed by atoms with Crippen LogP contribution in [0.4, 0.5) is 0 Å². The first kappa shape index (κ1) is 55.2. The standard InChI is InChI=1S/C47H88NO8P/c1-3-5-7-9-11-13-14-15-16-17-18-19-20-21-22-23-24-25-26-27-28-29-30-32-34-36-38-40-47(50)56-45(44-55-57(51,52)54-42-41-48)43-53-46(49)39-37-35-33-31-12-10-8-6-4-2/h14-15,17-18,20-21,45H,3-13,16,19,22-44,48H2,1-2H3,(H,51,52)/b15-14-,18-17-,21-20-. The van der Waals surface area contributed by atoms with Gasteiger partial charge in [0.25, 0.3) is 0 Å². The lowest BCUT2D eigenvalue weighted by Gasteiger charge is -2.19. The van der Waals surface area contributed by atoms with E-state index in [0.717, 1.165) is 51.4 Å². The normalized spacial score (nSPS) is 13.5. The molecule has 57 heavy (non-hydrogen) atoms. The number of allylic oxidation sites excluding steroid dienone is 6. The Bertz CT molecular complexity index is 1030. The molecule has 0 spiro atoms. The molecular weight excluding hydrogens is 737 g/mol. The molecule has 0 bridgehead atoms. The van der Waals surface area contributed by atoms with Crippen molar-refractivity contribution in [3.05, 3.63) is 36.5 Å². The third-order valence-corrected chi connectivity index (χ3v) is 11.0. The van der Waals surface area contributed by atoms with Gasteiger partial charge in [0.1, 0.15) is 6.61 Å². The molecular formula is C47H88NO8P. The van der Waals surface area contributed by atoms with Crippen molar-refractivity contribution in [2.24, 2.45) is 5.73 Å². The lowest BCUT2D eigenvalue weighted by Crippen LogP contribution is -2.29. The number of rotatable bonds is 44. The van der Waals surface area contributed by atoms with Crippen LogP contribution in [0.1, 0.15) is 219 Å². The summed E-state index contributed by atoms with van der Waals surface area (Å²) in [4.78, 5) is 34.8. The summed E-state index contributed by atoms with van der Waals surface area (Å²) >= 11 is 0. The average molecular weight is 826 g/mol. The summed E-state index contributed by atoms with van der Waals surface area (Å²) in [7, 11) is -4.37. The summed E-state index contributed by atoms with van der Waals surface area (Å²) in [5.74, 6) is -0.828. The van der Waals surface area contributed by atoms with E-state index in [-0.39, 0.29) is 38.6 Å². The van der Waals surface area contributed by atoms with Gasteiger partial charge in [-0.05, 0) is 51.4 Å². The molecule has 0 aromatic rings. The van der Waals surface area contributed by atoms with Gasteiger partial charge in [-0.2, -0.15) is 0 Å². The van der Waals surface area contributed by atoms with Gasteiger partial charge < -0.3 is 20.1 Å². The van der Waals surface area contributed by atoms with Gasteiger partial charge in [-0.25, -0.2) is 4.57 Å². The number of esters is 2. The van der Waals surface area contributed by atoms with Crippen LogP contribution in [0.5, 0.6) is 0 Å². The van der Waals surface area contributed by atoms with Crippen molar-refractivity contribution in [3.8, 4) is 0 Å². The maximum absolute atomic E-state index is 12.6. The highest BCUT2D eigenvalue weighted by Crippen LogP contribution is 2.43. The highest BCUT2D eigenvalue weighted by Gasteiger charge is 2.26. The summed E-state index contributed by atoms with van der Waals surface area (Å²) in [5.41, 5.74) is 5.34. The zero-order chi connectivity index (χ0) is 41.8. The molecule has 334 valence electrons. The molecule has 0 aromatic heterocycles. The summed E-state index contributed by atoms with van der Waals surface area (Å²) in [6.45, 7) is 3.71. The summed E-state index contributed by atoms with van der Waals surface area (Å²) in [6, 6.07) is 0. The molecule has 0 aliphatic heterocycles. The van der Waals surface area contributed by atoms with Crippen molar-refractivity contribution in [2.45, 2.75) is 225 Å². The maximum Gasteiger partial charge on any atom is 0.472 e. The smallest absolute Gasteiger partial charge is 0.462 e. The number of phosphoric acid groups is 1. The van der Waals surface area contributed by atoms with Gasteiger partial charge in [0.05, 0.1) is 13.2 Å². The quantitative estimate of drug-likeness (QED) is 0.0266. The van der Waals surface area contributed by atoms with Gasteiger partial charge in [-0.1, -0.05) is 192 Å². The number of hydrogen-bond donors (Lipinski definition) is 2. The second-order valence-electron chi connectivity index (χ2n) is 15.6. The van der Waals surface area contributed by atoms with Crippen LogP contribution in [-0.2, 0) is 32.7 Å². The fraction of sp³-hybridized carbons (Fsp3) is 0.830. The molecule has 0 aromatic carbocycles. The molecule has 3 N–H and O–H groups in total. The predicted octanol–water partition coefficient (Wildman–Crippen LogP) is 13.7. The van der Waals surface area contributed by atoms with Gasteiger partial charge >= 0.3 is 19.8 Å². The molecule has 2 unspecified atom stereocenters. The van der Waals surface area contributed by atoms with Crippen LogP contribution >= 0.6 is 7.82 Å². The zero-order valence-corrected chi connectivity index (χ0v) is 37.7. The van der Waals surface area contributed by atoms with E-state index in [1.807, 2.05) is 0 Å². The van der Waals surface area contributed by atoms with Gasteiger partial charge in [0.15, 0.2) is 6.10 Å². The highest BCUT2D eigenvalue weighted by atomic mass is 31.2. The zero-order valence-electron chi connectivity index (χ0n) is 36.8. The monoisotopic (exact) mass is 826 g/mol. The fourth-order valence-electron chi connectivity index (χ4n) is 6.52. The molecule has 0 radical (unpaired) electrons. The molecule has 0 amide bonds. The van der Waals surface area contributed by atoms with E-state index in [0.29, 0.717) is 6.42 Å². The molecule has 0 aliphatic rings. The number of phosphoric ester groups is 1. The van der Waals surface area contributed by atoms with Crippen molar-refractivity contribution in [2.75, 3.05) is 26.4 Å². The molecule has 0 saturated carbocycles. The molecule has 0 saturated heterocycles. The fourth-order valence-corrected chi connectivity index (χ4v) is 7.29. The number of hydrogen-bond acceptors (Lipinski definition) is 8. The predicted molar refractivity (Wildman–Crippen MR) is 238 cm³/mol. The first-order valence-electron chi connectivity index (χ1n) is 23.5. The molecule has 10 heteroatoms. The van der Waals surface area contributed by atoms with E-state index in [9.17, 15) is 19.0 Å². The SMILES string of the molecule is CCCCCCC/C=C\C/C=C\C/C=C\CCCCCCCCCCCCCCC(=O)OC(COC(=O)CCCCCCCCCCC)COP(=O)(O)OCCN. The summed E-state index contributed by atoms with van der Waals surface area (Å²) in [5, 5.41) is 0. The molecule has 0 fully saturated rings. The minimum Gasteiger partial charge on any atom is -0.462 e. The van der Waals surface area contributed by atoms with E-state index in [1.54, 1.807) is 0 Å². The minimum atomic E-state index is -4.37. The number of carbonyl (C=O) groups excluding carboxylic acids is 2. The van der Waals surface area contributed by atoms with Crippen LogP contribution in [0.3, 0.4) is 0 Å². The Labute approximate surface area is 350 Å². The Morgan fingerprint density at radius 1 is 0.526 bits per heavy atom. The van der Waals surface area contributed by atoms with Crippen molar-refractivity contribution < 1.29 is 37.6 Å². The largest absolute Gasteiger partial charge is 0.472 e. The van der Waals surface area contributed by atoms with E-state index in [1.165, 1.54) is 135 Å². The van der Waals surface area contributed by atoms with Crippen molar-refractivity contribution in [3.63, 3.8) is 0 Å². The van der Waals surface area contributed by atoms with E-state index in [2.05, 4.69) is 50.3 Å². The van der Waals surface area contributed by atoms with Crippen LogP contribution in [0.2, 0.25) is 0 Å². The first-order valence-corrected chi connectivity index (χ1v) is 25.0. The Morgan fingerprint density at radius 2 is 0.912 bits per heavy atom. The molecule has 9 nitrogen and oxygen atoms in total. The van der Waals surface area contributed by atoms with Crippen LogP contribution < -0.4 is 5.73 Å². The summed E-state index contributed by atoms with van der Waals surface area (Å²) in [6.07, 6.45) is 49.1. The number of unbranched alkanes of at least 4 members (excludes halogenated alkanes) is 25. The van der Waals surface area contributed by atoms with Crippen LogP contribution in [0, 0.1) is 0 Å². The van der Waals surface area contributed by atoms with E-state index < -0.39 is 26.5 Å². The Morgan fingerprint density at radius 3 is 1.35 bits per heavy atom. The number of carbonyl (C=O) groups is 2. The second kappa shape index (κ2) is 43.8. The van der Waals surface area contributed by atoms with E-state index >= 15 is 0 Å². The molecule has 2 atom stereocenters. The van der Waals surface area contributed by atoms with Crippen molar-refractivity contribution in [1.82, 2.24) is 0 Å². The number of nitrogens with two attached hydrogens (primary N) is 1.